The van der Waals surface area contributed by atoms with Gasteiger partial charge in [-0.15, -0.1) is 18.3 Å². The number of halogens is 3. The topological polar surface area (TPSA) is 108 Å². The molecule has 0 saturated carbocycles. The maximum Gasteiger partial charge on any atom is 0.573 e. The van der Waals surface area contributed by atoms with Crippen molar-refractivity contribution in [3.05, 3.63) is 77.5 Å². The lowest BCUT2D eigenvalue weighted by Gasteiger charge is -2.26. The molecule has 2 atom stereocenters. The monoisotopic (exact) mass is 529 g/mol. The van der Waals surface area contributed by atoms with Crippen LogP contribution in [-0.4, -0.2) is 54.4 Å². The van der Waals surface area contributed by atoms with Crippen LogP contribution < -0.4 is 14.4 Å². The van der Waals surface area contributed by atoms with Crippen LogP contribution in [0.25, 0.3) is 0 Å². The summed E-state index contributed by atoms with van der Waals surface area (Å²) in [6.07, 6.45) is -4.90. The van der Waals surface area contributed by atoms with Gasteiger partial charge in [-0.25, -0.2) is 0 Å². The Morgan fingerprint density at radius 3 is 2.16 bits per heavy atom. The number of amides is 1. The molecule has 0 bridgehead atoms. The summed E-state index contributed by atoms with van der Waals surface area (Å²) < 4.78 is 52.3. The molecule has 2 unspecified atom stereocenters. The van der Waals surface area contributed by atoms with E-state index >= 15 is 0 Å². The first kappa shape index (κ1) is 26.7. The van der Waals surface area contributed by atoms with Gasteiger partial charge in [0.25, 0.3) is 5.91 Å². The molecule has 38 heavy (non-hydrogen) atoms. The number of Topliss-reactive ketones (excluding diaryl/α,β-unsaturated/α-hetero) is 2. The molecule has 4 rings (SSSR count). The lowest BCUT2D eigenvalue weighted by molar-refractivity contribution is -0.274. The smallest absolute Gasteiger partial charge is 0.491 e. The maximum absolute atomic E-state index is 13.6. The number of methoxy groups -OCH3 is 1. The van der Waals surface area contributed by atoms with Crippen molar-refractivity contribution in [3.63, 3.8) is 0 Å². The predicted octanol–water partition coefficient (Wildman–Crippen LogP) is 3.86. The van der Waals surface area contributed by atoms with E-state index in [1.54, 1.807) is 25.1 Å². The van der Waals surface area contributed by atoms with E-state index in [2.05, 4.69) is 14.9 Å². The molecule has 1 aromatic heterocycles. The number of rotatable bonds is 9. The third kappa shape index (κ3) is 5.80. The Bertz CT molecular complexity index is 1310. The normalized spacial score (nSPS) is 17.6. The number of nitrogens with zero attached hydrogens (tertiary/aromatic N) is 3. The lowest BCUT2D eigenvalue weighted by Crippen LogP contribution is -2.31. The van der Waals surface area contributed by atoms with E-state index in [-0.39, 0.29) is 16.9 Å². The molecule has 9 nitrogen and oxygen atoms in total. The van der Waals surface area contributed by atoms with Crippen LogP contribution in [0.15, 0.2) is 60.7 Å². The highest BCUT2D eigenvalue weighted by Crippen LogP contribution is 2.41. The van der Waals surface area contributed by atoms with Crippen LogP contribution in [0.3, 0.4) is 0 Å². The van der Waals surface area contributed by atoms with E-state index < -0.39 is 41.5 Å². The van der Waals surface area contributed by atoms with Gasteiger partial charge in [-0.2, -0.15) is 5.10 Å². The van der Waals surface area contributed by atoms with Gasteiger partial charge >= 0.3 is 6.36 Å². The van der Waals surface area contributed by atoms with E-state index in [4.69, 9.17) is 9.47 Å². The molecule has 2 heterocycles. The number of hydrogen-bond acceptors (Lipinski definition) is 8. The first-order chi connectivity index (χ1) is 18.1. The molecular formula is C26H22F3N3O6. The number of aromatic nitrogens is 2. The van der Waals surface area contributed by atoms with Gasteiger partial charge in [-0.05, 0) is 61.0 Å². The highest BCUT2D eigenvalue weighted by atomic mass is 19.4. The molecule has 0 radical (unpaired) electrons. The number of aryl methyl sites for hydroxylation is 1. The molecule has 0 spiro atoms. The summed E-state index contributed by atoms with van der Waals surface area (Å²) in [5, 5.41) is 7.92. The zero-order valence-corrected chi connectivity index (χ0v) is 20.3. The van der Waals surface area contributed by atoms with Crippen LogP contribution in [0.4, 0.5) is 19.0 Å². The Balaban J connectivity index is 1.71. The summed E-state index contributed by atoms with van der Waals surface area (Å²) in [4.78, 5) is 40.9. The molecule has 2 aromatic carbocycles. The summed E-state index contributed by atoms with van der Waals surface area (Å²) in [5.41, 5.74) is 0.936. The van der Waals surface area contributed by atoms with Gasteiger partial charge in [0.15, 0.2) is 11.6 Å². The molecule has 12 heteroatoms. The Hall–Kier alpha value is -4.32. The number of benzene rings is 2. The Kier molecular flexibility index (Phi) is 7.72. The predicted molar refractivity (Wildman–Crippen MR) is 127 cm³/mol. The number of ketones is 2. The zero-order chi connectivity index (χ0) is 27.4. The maximum atomic E-state index is 13.6. The van der Waals surface area contributed by atoms with Crippen molar-refractivity contribution in [3.8, 4) is 11.5 Å². The molecular weight excluding hydrogens is 507 g/mol. The van der Waals surface area contributed by atoms with Crippen molar-refractivity contribution in [1.29, 1.82) is 0 Å². The number of carbonyl (C=O) groups is 3. The minimum Gasteiger partial charge on any atom is -0.491 e. The minimum absolute atomic E-state index is 0.0201. The van der Waals surface area contributed by atoms with Gasteiger partial charge in [-0.3, -0.25) is 19.3 Å². The quantitative estimate of drug-likeness (QED) is 0.178. The second-order valence-electron chi connectivity index (χ2n) is 8.34. The fourth-order valence-electron chi connectivity index (χ4n) is 4.05. The van der Waals surface area contributed by atoms with Crippen molar-refractivity contribution >= 4 is 23.3 Å². The molecule has 1 saturated heterocycles. The highest BCUT2D eigenvalue weighted by Gasteiger charge is 2.53. The average molecular weight is 529 g/mol. The van der Waals surface area contributed by atoms with E-state index in [1.165, 1.54) is 37.4 Å². The van der Waals surface area contributed by atoms with Crippen LogP contribution >= 0.6 is 0 Å². The second kappa shape index (κ2) is 11.0. The minimum atomic E-state index is -4.90. The average Bonchev–Trinajstić information content (AvgIpc) is 3.14. The van der Waals surface area contributed by atoms with Crippen molar-refractivity contribution in [1.82, 2.24) is 10.2 Å². The van der Waals surface area contributed by atoms with E-state index in [0.717, 1.165) is 17.0 Å². The van der Waals surface area contributed by atoms with Crippen molar-refractivity contribution in [2.75, 3.05) is 25.2 Å². The molecule has 1 aliphatic heterocycles. The van der Waals surface area contributed by atoms with Crippen molar-refractivity contribution in [2.45, 2.75) is 19.3 Å². The summed E-state index contributed by atoms with van der Waals surface area (Å²) >= 11 is 0. The van der Waals surface area contributed by atoms with Gasteiger partial charge in [0.2, 0.25) is 5.78 Å². The van der Waals surface area contributed by atoms with Gasteiger partial charge in [0, 0.05) is 12.7 Å². The third-order valence-electron chi connectivity index (χ3n) is 5.77. The molecule has 1 aliphatic rings. The number of hydrogen-bond donors (Lipinski definition) is 0. The second-order valence-corrected chi connectivity index (χ2v) is 8.34. The number of anilines is 1. The van der Waals surface area contributed by atoms with Crippen LogP contribution in [0.5, 0.6) is 11.5 Å². The van der Waals surface area contributed by atoms with Crippen molar-refractivity contribution < 1.29 is 41.8 Å². The summed E-state index contributed by atoms with van der Waals surface area (Å²) in [7, 11) is 1.53. The van der Waals surface area contributed by atoms with Gasteiger partial charge in [0.1, 0.15) is 24.0 Å². The molecule has 0 N–H and O–H groups in total. The zero-order valence-electron chi connectivity index (χ0n) is 20.3. The summed E-state index contributed by atoms with van der Waals surface area (Å²) in [5.74, 6) is -4.09. The lowest BCUT2D eigenvalue weighted by atomic mass is 9.86. The van der Waals surface area contributed by atoms with Crippen LogP contribution in [0.2, 0.25) is 0 Å². The molecule has 0 aliphatic carbocycles. The fraction of sp³-hybridized carbons (Fsp3) is 0.269. The standard InChI is InChI=1S/C26H22F3N3O6/c1-15-3-12-20(31-30-15)32-22(16-4-10-19(11-5-16)38-26(27,28)29)21(24(34)25(32)35)23(33)17-6-8-18(9-7-17)37-14-13-36-2/h3-12,21-22H,13-14H2,1-2H3. The largest absolute Gasteiger partial charge is 0.573 e. The molecule has 198 valence electrons. The number of alkyl halides is 3. The van der Waals surface area contributed by atoms with E-state index in [0.29, 0.717) is 24.7 Å². The van der Waals surface area contributed by atoms with Crippen LogP contribution in [-0.2, 0) is 14.3 Å². The van der Waals surface area contributed by atoms with Crippen LogP contribution in [0, 0.1) is 12.8 Å². The van der Waals surface area contributed by atoms with Crippen LogP contribution in [0.1, 0.15) is 27.7 Å². The Labute approximate surface area is 215 Å². The van der Waals surface area contributed by atoms with Gasteiger partial charge in [-0.1, -0.05) is 12.1 Å². The molecule has 3 aromatic rings. The molecule has 1 amide bonds. The Morgan fingerprint density at radius 2 is 1.58 bits per heavy atom. The highest BCUT2D eigenvalue weighted by molar-refractivity contribution is 6.48. The first-order valence-electron chi connectivity index (χ1n) is 11.4. The SMILES string of the molecule is COCCOc1ccc(C(=O)C2C(=O)C(=O)N(c3ccc(C)nn3)C2c2ccc(OC(F)(F)F)cc2)cc1. The third-order valence-corrected chi connectivity index (χ3v) is 5.77. The number of carbonyl (C=O) groups excluding carboxylic acids is 3. The first-order valence-corrected chi connectivity index (χ1v) is 11.4. The fourth-order valence-corrected chi connectivity index (χ4v) is 4.05. The van der Waals surface area contributed by atoms with Gasteiger partial charge in [0.05, 0.1) is 18.3 Å². The number of ether oxygens (including phenoxy) is 3. The summed E-state index contributed by atoms with van der Waals surface area (Å²) in [6, 6.07) is 12.5. The van der Waals surface area contributed by atoms with E-state index in [1.807, 2.05) is 0 Å². The van der Waals surface area contributed by atoms with Crippen molar-refractivity contribution in [2.24, 2.45) is 5.92 Å². The van der Waals surface area contributed by atoms with Gasteiger partial charge < -0.3 is 14.2 Å². The summed E-state index contributed by atoms with van der Waals surface area (Å²) in [6.45, 7) is 2.34. The molecule has 1 fully saturated rings. The Morgan fingerprint density at radius 1 is 0.921 bits per heavy atom. The van der Waals surface area contributed by atoms with E-state index in [9.17, 15) is 27.6 Å².